The molecule has 0 bridgehead atoms. The van der Waals surface area contributed by atoms with Crippen LogP contribution in [0.2, 0.25) is 0 Å². The number of nitrogens with one attached hydrogen (secondary N) is 1. The molecule has 1 rings (SSSR count). The van der Waals surface area contributed by atoms with Crippen LogP contribution >= 0.6 is 0 Å². The van der Waals surface area contributed by atoms with Gasteiger partial charge in [-0.2, -0.15) is 13.2 Å². The van der Waals surface area contributed by atoms with Crippen LogP contribution in [0.3, 0.4) is 0 Å². The average molecular weight is 235 g/mol. The number of hydrogen-bond donors (Lipinski definition) is 1. The lowest BCUT2D eigenvalue weighted by Gasteiger charge is -2.18. The van der Waals surface area contributed by atoms with Gasteiger partial charge in [0.2, 0.25) is 0 Å². The molecular weight excluding hydrogens is 222 g/mol. The fraction of sp³-hybridized carbons (Fsp3) is 0.455. The Balaban J connectivity index is 2.91. The molecule has 1 aromatic carbocycles. The van der Waals surface area contributed by atoms with E-state index in [9.17, 15) is 17.6 Å². The van der Waals surface area contributed by atoms with Crippen LogP contribution in [0.25, 0.3) is 0 Å². The van der Waals surface area contributed by atoms with Crippen molar-refractivity contribution in [3.05, 3.63) is 35.1 Å². The van der Waals surface area contributed by atoms with Crippen molar-refractivity contribution in [1.29, 1.82) is 0 Å². The molecule has 5 heteroatoms. The third-order valence-electron chi connectivity index (χ3n) is 2.38. The van der Waals surface area contributed by atoms with E-state index in [0.717, 1.165) is 6.07 Å². The predicted molar refractivity (Wildman–Crippen MR) is 53.6 cm³/mol. The summed E-state index contributed by atoms with van der Waals surface area (Å²) in [5, 5.41) is 2.53. The van der Waals surface area contributed by atoms with Crippen molar-refractivity contribution < 1.29 is 17.6 Å². The standard InChI is InChI=1S/C11H13F4N/c1-7-3-4-8(5-9(7)12)10(16-2)6-11(13,14)15/h3-5,10,16H,6H2,1-2H3. The van der Waals surface area contributed by atoms with Gasteiger partial charge in [0.1, 0.15) is 5.82 Å². The number of alkyl halides is 3. The molecule has 0 heterocycles. The van der Waals surface area contributed by atoms with Gasteiger partial charge in [0.15, 0.2) is 0 Å². The van der Waals surface area contributed by atoms with Gasteiger partial charge in [0, 0.05) is 6.04 Å². The quantitative estimate of drug-likeness (QED) is 0.792. The fourth-order valence-corrected chi connectivity index (χ4v) is 1.44. The van der Waals surface area contributed by atoms with Crippen molar-refractivity contribution in [3.8, 4) is 0 Å². The van der Waals surface area contributed by atoms with Crippen molar-refractivity contribution in [1.82, 2.24) is 5.32 Å². The Labute approximate surface area is 91.5 Å². The summed E-state index contributed by atoms with van der Waals surface area (Å²) in [5.41, 5.74) is 0.730. The van der Waals surface area contributed by atoms with E-state index in [-0.39, 0.29) is 0 Å². The maximum atomic E-state index is 13.2. The highest BCUT2D eigenvalue weighted by molar-refractivity contribution is 5.25. The van der Waals surface area contributed by atoms with Crippen LogP contribution in [-0.2, 0) is 0 Å². The Hall–Kier alpha value is -1.10. The molecule has 0 aliphatic carbocycles. The summed E-state index contributed by atoms with van der Waals surface area (Å²) in [5.74, 6) is -0.486. The van der Waals surface area contributed by atoms with E-state index in [1.807, 2.05) is 0 Å². The monoisotopic (exact) mass is 235 g/mol. The molecule has 16 heavy (non-hydrogen) atoms. The third kappa shape index (κ3) is 3.48. The highest BCUT2D eigenvalue weighted by Crippen LogP contribution is 2.29. The molecule has 90 valence electrons. The third-order valence-corrected chi connectivity index (χ3v) is 2.38. The van der Waals surface area contributed by atoms with Crippen molar-refractivity contribution >= 4 is 0 Å². The molecule has 0 amide bonds. The lowest BCUT2D eigenvalue weighted by molar-refractivity contribution is -0.140. The second-order valence-electron chi connectivity index (χ2n) is 3.67. The zero-order chi connectivity index (χ0) is 12.3. The summed E-state index contributed by atoms with van der Waals surface area (Å²) in [6.07, 6.45) is -5.28. The van der Waals surface area contributed by atoms with Gasteiger partial charge >= 0.3 is 6.18 Å². The van der Waals surface area contributed by atoms with Crippen LogP contribution in [0.5, 0.6) is 0 Å². The van der Waals surface area contributed by atoms with E-state index in [1.54, 1.807) is 6.92 Å². The van der Waals surface area contributed by atoms with Crippen molar-refractivity contribution in [2.24, 2.45) is 0 Å². The Morgan fingerprint density at radius 2 is 1.94 bits per heavy atom. The molecular formula is C11H13F4N. The van der Waals surface area contributed by atoms with Gasteiger partial charge in [-0.3, -0.25) is 0 Å². The van der Waals surface area contributed by atoms with Crippen molar-refractivity contribution in [2.45, 2.75) is 25.6 Å². The molecule has 0 saturated carbocycles. The molecule has 0 aromatic heterocycles. The van der Waals surface area contributed by atoms with Crippen molar-refractivity contribution in [3.63, 3.8) is 0 Å². The molecule has 0 fully saturated rings. The first-order valence-corrected chi connectivity index (χ1v) is 4.83. The molecule has 1 unspecified atom stereocenters. The molecule has 1 aromatic rings. The van der Waals surface area contributed by atoms with Crippen LogP contribution in [0.4, 0.5) is 17.6 Å². The molecule has 0 spiro atoms. The Morgan fingerprint density at radius 3 is 2.38 bits per heavy atom. The van der Waals surface area contributed by atoms with Crippen LogP contribution in [0.15, 0.2) is 18.2 Å². The highest BCUT2D eigenvalue weighted by atomic mass is 19.4. The second-order valence-corrected chi connectivity index (χ2v) is 3.67. The number of rotatable bonds is 3. The lowest BCUT2D eigenvalue weighted by atomic mass is 10.0. The number of aryl methyl sites for hydroxylation is 1. The topological polar surface area (TPSA) is 12.0 Å². The summed E-state index contributed by atoms with van der Waals surface area (Å²) in [6, 6.07) is 3.22. The minimum Gasteiger partial charge on any atom is -0.313 e. The molecule has 1 atom stereocenters. The highest BCUT2D eigenvalue weighted by Gasteiger charge is 2.32. The molecule has 0 radical (unpaired) electrons. The Morgan fingerprint density at radius 1 is 1.31 bits per heavy atom. The first-order chi connectivity index (χ1) is 7.33. The zero-order valence-electron chi connectivity index (χ0n) is 9.03. The van der Waals surface area contributed by atoms with E-state index < -0.39 is 24.5 Å². The van der Waals surface area contributed by atoms with Crippen LogP contribution in [0.1, 0.15) is 23.6 Å². The van der Waals surface area contributed by atoms with E-state index in [0.29, 0.717) is 11.1 Å². The normalized spacial score (nSPS) is 13.9. The molecule has 0 saturated heterocycles. The number of benzene rings is 1. The molecule has 0 aliphatic heterocycles. The van der Waals surface area contributed by atoms with E-state index in [4.69, 9.17) is 0 Å². The van der Waals surface area contributed by atoms with Gasteiger partial charge in [0.05, 0.1) is 6.42 Å². The summed E-state index contributed by atoms with van der Waals surface area (Å²) in [6.45, 7) is 1.57. The van der Waals surface area contributed by atoms with Crippen LogP contribution in [0, 0.1) is 12.7 Å². The minimum absolute atomic E-state index is 0.308. The maximum absolute atomic E-state index is 13.2. The lowest BCUT2D eigenvalue weighted by Crippen LogP contribution is -2.23. The zero-order valence-corrected chi connectivity index (χ0v) is 9.03. The van der Waals surface area contributed by atoms with E-state index in [2.05, 4.69) is 5.32 Å². The fourth-order valence-electron chi connectivity index (χ4n) is 1.44. The van der Waals surface area contributed by atoms with Crippen LogP contribution < -0.4 is 5.32 Å². The van der Waals surface area contributed by atoms with Crippen LogP contribution in [-0.4, -0.2) is 13.2 Å². The van der Waals surface area contributed by atoms with Gasteiger partial charge in [-0.1, -0.05) is 12.1 Å². The first kappa shape index (κ1) is 13.0. The molecule has 0 aliphatic rings. The van der Waals surface area contributed by atoms with Gasteiger partial charge in [-0.05, 0) is 31.2 Å². The van der Waals surface area contributed by atoms with Crippen molar-refractivity contribution in [2.75, 3.05) is 7.05 Å². The Kier molecular flexibility index (Phi) is 3.91. The molecule has 1 nitrogen and oxygen atoms in total. The summed E-state index contributed by atoms with van der Waals surface area (Å²) >= 11 is 0. The van der Waals surface area contributed by atoms with Gasteiger partial charge in [-0.15, -0.1) is 0 Å². The first-order valence-electron chi connectivity index (χ1n) is 4.83. The molecule has 1 N–H and O–H groups in total. The summed E-state index contributed by atoms with van der Waals surface area (Å²) in [4.78, 5) is 0. The summed E-state index contributed by atoms with van der Waals surface area (Å²) in [7, 11) is 1.42. The Bertz CT molecular complexity index is 359. The largest absolute Gasteiger partial charge is 0.390 e. The maximum Gasteiger partial charge on any atom is 0.390 e. The van der Waals surface area contributed by atoms with E-state index in [1.165, 1.54) is 19.2 Å². The average Bonchev–Trinajstić information content (AvgIpc) is 2.17. The predicted octanol–water partition coefficient (Wildman–Crippen LogP) is 3.35. The smallest absolute Gasteiger partial charge is 0.313 e. The summed E-state index contributed by atoms with van der Waals surface area (Å²) < 4.78 is 49.9. The SMILES string of the molecule is CNC(CC(F)(F)F)c1ccc(C)c(F)c1. The number of hydrogen-bond acceptors (Lipinski definition) is 1. The van der Waals surface area contributed by atoms with Gasteiger partial charge < -0.3 is 5.32 Å². The van der Waals surface area contributed by atoms with E-state index >= 15 is 0 Å². The second kappa shape index (κ2) is 4.82. The van der Waals surface area contributed by atoms with Gasteiger partial charge in [0.25, 0.3) is 0 Å². The number of halogens is 4. The van der Waals surface area contributed by atoms with Gasteiger partial charge in [-0.25, -0.2) is 4.39 Å². The minimum atomic E-state index is -4.27.